The van der Waals surface area contributed by atoms with Crippen molar-refractivity contribution in [1.29, 1.82) is 0 Å². The number of ether oxygens (including phenoxy) is 2. The van der Waals surface area contributed by atoms with Crippen LogP contribution in [-0.4, -0.2) is 42.5 Å². The van der Waals surface area contributed by atoms with Crippen LogP contribution in [0.3, 0.4) is 0 Å². The first-order valence-electron chi connectivity index (χ1n) is 11.5. The van der Waals surface area contributed by atoms with Crippen molar-refractivity contribution in [2.75, 3.05) is 20.8 Å². The summed E-state index contributed by atoms with van der Waals surface area (Å²) in [4.78, 5) is 18.2. The van der Waals surface area contributed by atoms with Crippen LogP contribution in [0.5, 0.6) is 11.5 Å². The van der Waals surface area contributed by atoms with E-state index in [0.717, 1.165) is 43.8 Å². The second-order valence-electron chi connectivity index (χ2n) is 8.86. The highest BCUT2D eigenvalue weighted by Gasteiger charge is 2.35. The fourth-order valence-electron chi connectivity index (χ4n) is 5.09. The molecular formula is C28H30N2O3. The van der Waals surface area contributed by atoms with E-state index in [2.05, 4.69) is 59.5 Å². The number of hydrogen-bond donors (Lipinski definition) is 0. The standard InChI is InChI=1S/C28H30N2O3/c1-32-26-15-22-12-13-29(19-24(22)16-27(26)33-2)28(31)25-14-21-10-6-7-11-23(21)18-30(25)17-20-8-4-3-5-9-20/h3-11,15-16,25H,12-14,17-19H2,1-2H3. The van der Waals surface area contributed by atoms with Gasteiger partial charge in [0.1, 0.15) is 0 Å². The van der Waals surface area contributed by atoms with E-state index >= 15 is 0 Å². The molecule has 1 atom stereocenters. The molecule has 0 aromatic heterocycles. The first-order valence-corrected chi connectivity index (χ1v) is 11.5. The Hall–Kier alpha value is -3.31. The van der Waals surface area contributed by atoms with Crippen molar-refractivity contribution >= 4 is 5.91 Å². The number of hydrogen-bond acceptors (Lipinski definition) is 4. The number of nitrogens with zero attached hydrogens (tertiary/aromatic N) is 2. The third-order valence-corrected chi connectivity index (χ3v) is 6.89. The highest BCUT2D eigenvalue weighted by Crippen LogP contribution is 2.34. The van der Waals surface area contributed by atoms with E-state index in [0.29, 0.717) is 12.3 Å². The number of carbonyl (C=O) groups excluding carboxylic acids is 1. The molecule has 0 saturated heterocycles. The molecule has 1 unspecified atom stereocenters. The van der Waals surface area contributed by atoms with Gasteiger partial charge in [0.25, 0.3) is 0 Å². The van der Waals surface area contributed by atoms with Crippen LogP contribution in [0.1, 0.15) is 27.8 Å². The Kier molecular flexibility index (Phi) is 6.05. The van der Waals surface area contributed by atoms with Crippen LogP contribution >= 0.6 is 0 Å². The topological polar surface area (TPSA) is 42.0 Å². The summed E-state index contributed by atoms with van der Waals surface area (Å²) in [7, 11) is 3.31. The summed E-state index contributed by atoms with van der Waals surface area (Å²) in [5.74, 6) is 1.66. The number of methoxy groups -OCH3 is 2. The Bertz CT molecular complexity index is 1150. The smallest absolute Gasteiger partial charge is 0.240 e. The van der Waals surface area contributed by atoms with Crippen molar-refractivity contribution in [3.8, 4) is 11.5 Å². The predicted molar refractivity (Wildman–Crippen MR) is 128 cm³/mol. The molecule has 3 aromatic rings. The van der Waals surface area contributed by atoms with Gasteiger partial charge in [0.2, 0.25) is 5.91 Å². The third kappa shape index (κ3) is 4.33. The van der Waals surface area contributed by atoms with Gasteiger partial charge in [0, 0.05) is 26.2 Å². The average molecular weight is 443 g/mol. The summed E-state index contributed by atoms with van der Waals surface area (Å²) in [6.07, 6.45) is 1.57. The number of amides is 1. The van der Waals surface area contributed by atoms with Crippen LogP contribution in [-0.2, 0) is 37.3 Å². The first kappa shape index (κ1) is 21.5. The first-order chi connectivity index (χ1) is 16.2. The normalized spacial score (nSPS) is 17.8. The van der Waals surface area contributed by atoms with Gasteiger partial charge in [-0.1, -0.05) is 54.6 Å². The quantitative estimate of drug-likeness (QED) is 0.594. The lowest BCUT2D eigenvalue weighted by molar-refractivity contribution is -0.139. The molecule has 0 saturated carbocycles. The molecule has 2 aliphatic heterocycles. The maximum Gasteiger partial charge on any atom is 0.240 e. The monoisotopic (exact) mass is 442 g/mol. The minimum Gasteiger partial charge on any atom is -0.493 e. The van der Waals surface area contributed by atoms with E-state index in [9.17, 15) is 4.79 Å². The van der Waals surface area contributed by atoms with Crippen LogP contribution in [0.25, 0.3) is 0 Å². The molecule has 1 amide bonds. The third-order valence-electron chi connectivity index (χ3n) is 6.89. The molecule has 2 aliphatic rings. The molecule has 0 spiro atoms. The van der Waals surface area contributed by atoms with Gasteiger partial charge in [-0.2, -0.15) is 0 Å². The van der Waals surface area contributed by atoms with Crippen molar-refractivity contribution in [3.05, 3.63) is 94.5 Å². The summed E-state index contributed by atoms with van der Waals surface area (Å²) < 4.78 is 11.0. The van der Waals surface area contributed by atoms with Crippen molar-refractivity contribution in [2.24, 2.45) is 0 Å². The highest BCUT2D eigenvalue weighted by molar-refractivity contribution is 5.83. The second-order valence-corrected chi connectivity index (χ2v) is 8.86. The zero-order valence-electron chi connectivity index (χ0n) is 19.3. The fraction of sp³-hybridized carbons (Fsp3) is 0.321. The van der Waals surface area contributed by atoms with E-state index < -0.39 is 0 Å². The molecule has 5 rings (SSSR count). The lowest BCUT2D eigenvalue weighted by Gasteiger charge is -2.40. The van der Waals surface area contributed by atoms with Crippen LogP contribution in [0.2, 0.25) is 0 Å². The van der Waals surface area contributed by atoms with Crippen LogP contribution in [0.4, 0.5) is 0 Å². The minimum atomic E-state index is -0.165. The molecule has 0 bridgehead atoms. The summed E-state index contributed by atoms with van der Waals surface area (Å²) in [6, 6.07) is 22.9. The van der Waals surface area contributed by atoms with Gasteiger partial charge in [0.05, 0.1) is 20.3 Å². The minimum absolute atomic E-state index is 0.165. The molecule has 0 radical (unpaired) electrons. The zero-order chi connectivity index (χ0) is 22.8. The number of carbonyl (C=O) groups is 1. The highest BCUT2D eigenvalue weighted by atomic mass is 16.5. The van der Waals surface area contributed by atoms with Crippen molar-refractivity contribution in [3.63, 3.8) is 0 Å². The van der Waals surface area contributed by atoms with Gasteiger partial charge in [-0.05, 0) is 52.8 Å². The lowest BCUT2D eigenvalue weighted by Crippen LogP contribution is -2.52. The average Bonchev–Trinajstić information content (AvgIpc) is 2.87. The molecule has 170 valence electrons. The maximum atomic E-state index is 13.9. The van der Waals surface area contributed by atoms with Gasteiger partial charge >= 0.3 is 0 Å². The number of fused-ring (bicyclic) bond motifs is 2. The van der Waals surface area contributed by atoms with E-state index in [1.807, 2.05) is 17.0 Å². The summed E-state index contributed by atoms with van der Waals surface area (Å²) >= 11 is 0. The Labute approximate surface area is 195 Å². The Morgan fingerprint density at radius 2 is 1.52 bits per heavy atom. The summed E-state index contributed by atoms with van der Waals surface area (Å²) in [5, 5.41) is 0. The molecule has 0 fully saturated rings. The lowest BCUT2D eigenvalue weighted by atomic mass is 9.91. The van der Waals surface area contributed by atoms with Crippen LogP contribution in [0, 0.1) is 0 Å². The summed E-state index contributed by atoms with van der Waals surface area (Å²) in [6.45, 7) is 2.88. The zero-order valence-corrected chi connectivity index (χ0v) is 19.3. The van der Waals surface area contributed by atoms with E-state index in [-0.39, 0.29) is 11.9 Å². The van der Waals surface area contributed by atoms with Gasteiger partial charge in [0.15, 0.2) is 11.5 Å². The Morgan fingerprint density at radius 1 is 0.848 bits per heavy atom. The van der Waals surface area contributed by atoms with Crippen molar-refractivity contribution in [1.82, 2.24) is 9.80 Å². The fourth-order valence-corrected chi connectivity index (χ4v) is 5.09. The van der Waals surface area contributed by atoms with Crippen molar-refractivity contribution < 1.29 is 14.3 Å². The van der Waals surface area contributed by atoms with Crippen LogP contribution < -0.4 is 9.47 Å². The van der Waals surface area contributed by atoms with Crippen LogP contribution in [0.15, 0.2) is 66.7 Å². The molecule has 2 heterocycles. The van der Waals surface area contributed by atoms with Gasteiger partial charge in [-0.15, -0.1) is 0 Å². The molecule has 33 heavy (non-hydrogen) atoms. The Balaban J connectivity index is 1.41. The van der Waals surface area contributed by atoms with Gasteiger partial charge in [-0.25, -0.2) is 0 Å². The van der Waals surface area contributed by atoms with Crippen molar-refractivity contribution in [2.45, 2.75) is 38.5 Å². The molecule has 5 nitrogen and oxygen atoms in total. The predicted octanol–water partition coefficient (Wildman–Crippen LogP) is 4.22. The number of benzene rings is 3. The maximum absolute atomic E-state index is 13.9. The SMILES string of the molecule is COc1cc2c(cc1OC)CN(C(=O)C1Cc3ccccc3CN1Cc1ccccc1)CC2. The van der Waals surface area contributed by atoms with Gasteiger partial charge < -0.3 is 14.4 Å². The van der Waals surface area contributed by atoms with E-state index in [1.165, 1.54) is 22.3 Å². The molecule has 0 aliphatic carbocycles. The number of rotatable bonds is 5. The molecule has 3 aromatic carbocycles. The van der Waals surface area contributed by atoms with Gasteiger partial charge in [-0.3, -0.25) is 9.69 Å². The largest absolute Gasteiger partial charge is 0.493 e. The molecule has 5 heteroatoms. The summed E-state index contributed by atoms with van der Waals surface area (Å²) in [5.41, 5.74) is 6.20. The molecule has 0 N–H and O–H groups in total. The van der Waals surface area contributed by atoms with E-state index in [1.54, 1.807) is 14.2 Å². The Morgan fingerprint density at radius 3 is 2.24 bits per heavy atom. The van der Waals surface area contributed by atoms with E-state index in [4.69, 9.17) is 9.47 Å². The second kappa shape index (κ2) is 9.28. The molecular weight excluding hydrogens is 412 g/mol.